The fourth-order valence-electron chi connectivity index (χ4n) is 3.14. The first-order chi connectivity index (χ1) is 13.2. The van der Waals surface area contributed by atoms with Crippen molar-refractivity contribution < 1.29 is 14.4 Å². The van der Waals surface area contributed by atoms with Crippen LogP contribution >= 0.6 is 11.3 Å². The highest BCUT2D eigenvalue weighted by atomic mass is 32.1. The number of benzene rings is 1. The van der Waals surface area contributed by atoms with Crippen molar-refractivity contribution in [1.29, 1.82) is 0 Å². The summed E-state index contributed by atoms with van der Waals surface area (Å²) in [6.45, 7) is 1.37. The summed E-state index contributed by atoms with van der Waals surface area (Å²) in [7, 11) is 0. The van der Waals surface area contributed by atoms with Crippen LogP contribution in [0, 0.1) is 0 Å². The van der Waals surface area contributed by atoms with Crippen molar-refractivity contribution in [2.24, 2.45) is 0 Å². The molecule has 140 valence electrons. The summed E-state index contributed by atoms with van der Waals surface area (Å²) in [5.41, 5.74) is 1.28. The Morgan fingerprint density at radius 1 is 1.33 bits per heavy atom. The Labute approximate surface area is 160 Å². The van der Waals surface area contributed by atoms with Gasteiger partial charge < -0.3 is 19.8 Å². The summed E-state index contributed by atoms with van der Waals surface area (Å²) >= 11 is 1.55. The van der Waals surface area contributed by atoms with E-state index in [1.54, 1.807) is 22.3 Å². The maximum absolute atomic E-state index is 12.9. The highest BCUT2D eigenvalue weighted by molar-refractivity contribution is 7.13. The molecule has 1 saturated heterocycles. The molecule has 3 heterocycles. The predicted molar refractivity (Wildman–Crippen MR) is 103 cm³/mol. The van der Waals surface area contributed by atoms with Crippen LogP contribution < -0.4 is 5.32 Å². The highest BCUT2D eigenvalue weighted by Gasteiger charge is 2.24. The third-order valence-electron chi connectivity index (χ3n) is 4.48. The van der Waals surface area contributed by atoms with Gasteiger partial charge in [-0.15, -0.1) is 11.3 Å². The molecule has 4 rings (SSSR count). The molecule has 0 bridgehead atoms. The van der Waals surface area contributed by atoms with Crippen LogP contribution in [0.4, 0.5) is 5.69 Å². The van der Waals surface area contributed by atoms with Gasteiger partial charge in [0.25, 0.3) is 5.91 Å². The van der Waals surface area contributed by atoms with Gasteiger partial charge in [-0.05, 0) is 36.4 Å². The first-order valence-corrected chi connectivity index (χ1v) is 9.75. The summed E-state index contributed by atoms with van der Waals surface area (Å²) < 4.78 is 5.30. The molecule has 0 radical (unpaired) electrons. The van der Waals surface area contributed by atoms with E-state index in [2.05, 4.69) is 15.5 Å². The van der Waals surface area contributed by atoms with Gasteiger partial charge in [-0.25, -0.2) is 0 Å². The van der Waals surface area contributed by atoms with Gasteiger partial charge in [0.15, 0.2) is 0 Å². The number of hydrogen-bond donors (Lipinski definition) is 2. The van der Waals surface area contributed by atoms with Crippen LogP contribution in [0.1, 0.15) is 29.1 Å². The number of likely N-dealkylation sites (tertiary alicyclic amines) is 1. The molecule has 1 aliphatic heterocycles. The molecule has 1 atom stereocenters. The van der Waals surface area contributed by atoms with Crippen molar-refractivity contribution in [1.82, 2.24) is 15.0 Å². The molecule has 3 aromatic rings. The van der Waals surface area contributed by atoms with E-state index in [1.165, 1.54) is 0 Å². The second-order valence-corrected chi connectivity index (χ2v) is 7.38. The van der Waals surface area contributed by atoms with E-state index in [9.17, 15) is 9.90 Å². The average Bonchev–Trinajstić information content (AvgIpc) is 3.37. The molecular formula is C19H20N4O3S. The predicted octanol–water partition coefficient (Wildman–Crippen LogP) is 3.01. The van der Waals surface area contributed by atoms with Crippen LogP contribution in [0.25, 0.3) is 10.7 Å². The first kappa shape index (κ1) is 17.7. The molecule has 2 N–H and O–H groups in total. The lowest BCUT2D eigenvalue weighted by atomic mass is 10.1. The molecule has 0 aliphatic carbocycles. The molecule has 8 heteroatoms. The number of amides is 1. The smallest absolute Gasteiger partial charge is 0.256 e. The van der Waals surface area contributed by atoms with E-state index in [-0.39, 0.29) is 5.91 Å². The van der Waals surface area contributed by atoms with Gasteiger partial charge in [0, 0.05) is 18.8 Å². The van der Waals surface area contributed by atoms with Crippen LogP contribution in [0.3, 0.4) is 0 Å². The van der Waals surface area contributed by atoms with Gasteiger partial charge in [0.2, 0.25) is 11.7 Å². The molecule has 1 amide bonds. The maximum atomic E-state index is 12.9. The number of thiophene rings is 1. The summed E-state index contributed by atoms with van der Waals surface area (Å²) in [5.74, 6) is 0.934. The van der Waals surface area contributed by atoms with Crippen LogP contribution in [0.15, 0.2) is 46.3 Å². The van der Waals surface area contributed by atoms with Crippen molar-refractivity contribution >= 4 is 22.9 Å². The zero-order valence-electron chi connectivity index (χ0n) is 14.7. The number of carbonyl (C=O) groups excluding carboxylic acids is 1. The van der Waals surface area contributed by atoms with Crippen LogP contribution in [-0.4, -0.2) is 45.2 Å². The fraction of sp³-hybridized carbons (Fsp3) is 0.316. The number of nitrogens with zero attached hydrogens (tertiary/aromatic N) is 3. The molecule has 7 nitrogen and oxygen atoms in total. The van der Waals surface area contributed by atoms with Crippen LogP contribution in [0.5, 0.6) is 0 Å². The van der Waals surface area contributed by atoms with Gasteiger partial charge in [-0.1, -0.05) is 23.4 Å². The number of aliphatic hydroxyl groups is 1. The van der Waals surface area contributed by atoms with Gasteiger partial charge in [0.1, 0.15) is 0 Å². The molecule has 1 aliphatic rings. The van der Waals surface area contributed by atoms with Crippen molar-refractivity contribution in [3.63, 3.8) is 0 Å². The zero-order valence-corrected chi connectivity index (χ0v) is 15.5. The molecule has 0 spiro atoms. The second-order valence-electron chi connectivity index (χ2n) is 6.44. The first-order valence-electron chi connectivity index (χ1n) is 8.87. The number of anilines is 1. The Morgan fingerprint density at radius 3 is 3.04 bits per heavy atom. The molecule has 0 saturated carbocycles. The lowest BCUT2D eigenvalue weighted by molar-refractivity contribution is 0.0474. The van der Waals surface area contributed by atoms with E-state index in [0.29, 0.717) is 42.6 Å². The van der Waals surface area contributed by atoms with Gasteiger partial charge >= 0.3 is 0 Å². The summed E-state index contributed by atoms with van der Waals surface area (Å²) in [6.07, 6.45) is 1.11. The van der Waals surface area contributed by atoms with Gasteiger partial charge in [-0.3, -0.25) is 4.79 Å². The van der Waals surface area contributed by atoms with Crippen molar-refractivity contribution in [3.05, 3.63) is 53.2 Å². The Hall–Kier alpha value is -2.71. The number of rotatable bonds is 5. The monoisotopic (exact) mass is 384 g/mol. The number of hydrogen-bond acceptors (Lipinski definition) is 7. The molecule has 1 aromatic carbocycles. The Morgan fingerprint density at radius 2 is 2.22 bits per heavy atom. The van der Waals surface area contributed by atoms with E-state index >= 15 is 0 Å². The molecule has 27 heavy (non-hydrogen) atoms. The van der Waals surface area contributed by atoms with Gasteiger partial charge in [0.05, 0.1) is 23.1 Å². The second kappa shape index (κ2) is 7.89. The number of piperidine rings is 1. The Bertz CT molecular complexity index is 909. The van der Waals surface area contributed by atoms with E-state index in [1.807, 2.05) is 35.7 Å². The number of carbonyl (C=O) groups is 1. The minimum Gasteiger partial charge on any atom is -0.391 e. The maximum Gasteiger partial charge on any atom is 0.256 e. The lowest BCUT2D eigenvalue weighted by Crippen LogP contribution is -2.42. The largest absolute Gasteiger partial charge is 0.391 e. The third-order valence-corrected chi connectivity index (χ3v) is 5.35. The molecular weight excluding hydrogens is 364 g/mol. The summed E-state index contributed by atoms with van der Waals surface area (Å²) in [6, 6.07) is 11.2. The standard InChI is InChI=1S/C19H20N4O3S/c24-13-5-3-9-23(12-13)19(25)14-6-1-2-7-15(14)20-11-17-21-18(22-26-17)16-8-4-10-27-16/h1-2,4,6-8,10,13,20,24H,3,5,9,11-12H2. The van der Waals surface area contributed by atoms with Crippen molar-refractivity contribution in [3.8, 4) is 10.7 Å². The van der Waals surface area contributed by atoms with E-state index in [0.717, 1.165) is 17.7 Å². The number of aliphatic hydroxyl groups excluding tert-OH is 1. The zero-order chi connectivity index (χ0) is 18.6. The van der Waals surface area contributed by atoms with E-state index < -0.39 is 6.10 Å². The molecule has 2 aromatic heterocycles. The Kier molecular flexibility index (Phi) is 5.17. The van der Waals surface area contributed by atoms with Gasteiger partial charge in [-0.2, -0.15) is 4.98 Å². The lowest BCUT2D eigenvalue weighted by Gasteiger charge is -2.30. The number of para-hydroxylation sites is 1. The minimum absolute atomic E-state index is 0.0818. The number of nitrogens with one attached hydrogen (secondary N) is 1. The SMILES string of the molecule is O=C(c1ccccc1NCc1nc(-c2cccs2)no1)N1CCCC(O)C1. The number of aromatic nitrogens is 2. The quantitative estimate of drug-likeness (QED) is 0.703. The fourth-order valence-corrected chi connectivity index (χ4v) is 3.79. The summed E-state index contributed by atoms with van der Waals surface area (Å²) in [5, 5.41) is 19.0. The van der Waals surface area contributed by atoms with Crippen LogP contribution in [-0.2, 0) is 6.54 Å². The number of β-amino-alcohol motifs (C(OH)–C–C–N with tert-alkyl or cyclic N) is 1. The van der Waals surface area contributed by atoms with Crippen molar-refractivity contribution in [2.45, 2.75) is 25.5 Å². The third kappa shape index (κ3) is 4.01. The topological polar surface area (TPSA) is 91.5 Å². The molecule has 1 fully saturated rings. The summed E-state index contributed by atoms with van der Waals surface area (Å²) in [4.78, 5) is 19.9. The minimum atomic E-state index is -0.447. The highest BCUT2D eigenvalue weighted by Crippen LogP contribution is 2.23. The molecule has 1 unspecified atom stereocenters. The van der Waals surface area contributed by atoms with E-state index in [4.69, 9.17) is 4.52 Å². The normalized spacial score (nSPS) is 17.1. The average molecular weight is 384 g/mol. The Balaban J connectivity index is 1.46. The van der Waals surface area contributed by atoms with Crippen molar-refractivity contribution in [2.75, 3.05) is 18.4 Å². The van der Waals surface area contributed by atoms with Crippen LogP contribution in [0.2, 0.25) is 0 Å².